The summed E-state index contributed by atoms with van der Waals surface area (Å²) in [4.78, 5) is 18.9. The first-order valence-corrected chi connectivity index (χ1v) is 8.89. The Bertz CT molecular complexity index is 1130. The summed E-state index contributed by atoms with van der Waals surface area (Å²) >= 11 is 0. The van der Waals surface area contributed by atoms with Crippen molar-refractivity contribution in [3.63, 3.8) is 0 Å². The number of carbonyl (C=O) groups is 1. The monoisotopic (exact) mass is 360 g/mol. The Morgan fingerprint density at radius 1 is 1.33 bits per heavy atom. The van der Waals surface area contributed by atoms with Crippen LogP contribution >= 0.6 is 0 Å². The highest BCUT2D eigenvalue weighted by Crippen LogP contribution is 2.39. The van der Waals surface area contributed by atoms with Gasteiger partial charge in [-0.2, -0.15) is 5.26 Å². The van der Waals surface area contributed by atoms with Crippen molar-refractivity contribution in [3.05, 3.63) is 35.0 Å². The quantitative estimate of drug-likeness (QED) is 0.742. The Kier molecular flexibility index (Phi) is 3.37. The molecule has 1 fully saturated rings. The highest BCUT2D eigenvalue weighted by atomic mass is 16.6. The summed E-state index contributed by atoms with van der Waals surface area (Å²) in [5.74, 6) is 0.528. The van der Waals surface area contributed by atoms with Gasteiger partial charge < -0.3 is 10.6 Å². The normalized spacial score (nSPS) is 16.2. The predicted octanol–water partition coefficient (Wildman–Crippen LogP) is 2.03. The van der Waals surface area contributed by atoms with Crippen LogP contribution in [0.15, 0.2) is 22.8 Å². The van der Waals surface area contributed by atoms with Crippen LogP contribution in [-0.2, 0) is 17.8 Å². The second-order valence-electron chi connectivity index (χ2n) is 7.01. The van der Waals surface area contributed by atoms with Gasteiger partial charge in [-0.05, 0) is 29.2 Å². The highest BCUT2D eigenvalue weighted by Gasteiger charge is 2.36. The number of anilines is 1. The number of amides is 1. The molecule has 2 N–H and O–H groups in total. The lowest BCUT2D eigenvalue weighted by Gasteiger charge is -2.30. The minimum absolute atomic E-state index is 0.148. The van der Waals surface area contributed by atoms with Gasteiger partial charge in [-0.15, -0.1) is 0 Å². The van der Waals surface area contributed by atoms with Crippen LogP contribution in [0.2, 0.25) is 0 Å². The van der Waals surface area contributed by atoms with E-state index in [-0.39, 0.29) is 17.6 Å². The van der Waals surface area contributed by atoms with E-state index in [1.807, 2.05) is 17.0 Å². The maximum atomic E-state index is 12.6. The summed E-state index contributed by atoms with van der Waals surface area (Å²) in [5, 5.41) is 17.6. The van der Waals surface area contributed by atoms with Crippen LogP contribution in [-0.4, -0.2) is 32.6 Å². The van der Waals surface area contributed by atoms with Crippen LogP contribution in [0.3, 0.4) is 0 Å². The molecule has 1 aliphatic carbocycles. The average molecular weight is 360 g/mol. The summed E-state index contributed by atoms with van der Waals surface area (Å²) < 4.78 is 4.88. The lowest BCUT2D eigenvalue weighted by molar-refractivity contribution is -0.133. The van der Waals surface area contributed by atoms with Crippen LogP contribution in [0.25, 0.3) is 22.2 Å². The Morgan fingerprint density at radius 2 is 2.19 bits per heavy atom. The third-order valence-corrected chi connectivity index (χ3v) is 5.28. The zero-order valence-electron chi connectivity index (χ0n) is 14.5. The molecule has 0 atom stereocenters. The number of hydrogen-bond acceptors (Lipinski definition) is 7. The van der Waals surface area contributed by atoms with E-state index < -0.39 is 0 Å². The smallest absolute Gasteiger partial charge is 0.225 e. The third-order valence-electron chi connectivity index (χ3n) is 5.28. The van der Waals surface area contributed by atoms with Crippen LogP contribution in [0.4, 0.5) is 5.82 Å². The third kappa shape index (κ3) is 2.43. The molecule has 0 unspecified atom stereocenters. The number of nitrogen functional groups attached to an aromatic ring is 1. The van der Waals surface area contributed by atoms with Crippen molar-refractivity contribution >= 4 is 22.8 Å². The first kappa shape index (κ1) is 15.8. The number of benzene rings is 1. The number of nitriles is 1. The molecule has 0 saturated heterocycles. The molecule has 27 heavy (non-hydrogen) atoms. The summed E-state index contributed by atoms with van der Waals surface area (Å²) in [5.41, 5.74) is 10.6. The maximum absolute atomic E-state index is 12.6. The van der Waals surface area contributed by atoms with Crippen molar-refractivity contribution < 1.29 is 9.42 Å². The van der Waals surface area contributed by atoms with Crippen molar-refractivity contribution in [2.75, 3.05) is 12.3 Å². The van der Waals surface area contributed by atoms with Crippen LogP contribution in [0.5, 0.6) is 0 Å². The molecule has 134 valence electrons. The van der Waals surface area contributed by atoms with Crippen molar-refractivity contribution in [3.8, 4) is 17.2 Å². The number of nitrogens with zero attached hydrogens (tertiary/aromatic N) is 5. The molecular formula is C19H16N6O2. The molecule has 1 amide bonds. The molecule has 8 heteroatoms. The molecule has 2 aromatic heterocycles. The standard InChI is InChI=1S/C19H16N6O2/c20-8-12-16(11-2-1-3-15-17(11)24-27-23-15)13-9-25(19(26)10-4-5-10)7-6-14(13)22-18(12)21/h1-3,10H,4-7,9H2,(H2,21,22). The number of nitrogens with two attached hydrogens (primary N) is 1. The first-order chi connectivity index (χ1) is 13.2. The van der Waals surface area contributed by atoms with E-state index in [4.69, 9.17) is 10.4 Å². The average Bonchev–Trinajstić information content (AvgIpc) is 3.42. The molecule has 3 aromatic rings. The highest BCUT2D eigenvalue weighted by molar-refractivity contribution is 5.95. The van der Waals surface area contributed by atoms with Crippen molar-refractivity contribution in [2.45, 2.75) is 25.8 Å². The lowest BCUT2D eigenvalue weighted by atomic mass is 9.90. The Hall–Kier alpha value is -3.47. The van der Waals surface area contributed by atoms with Gasteiger partial charge in [-0.1, -0.05) is 12.1 Å². The fraction of sp³-hybridized carbons (Fsp3) is 0.316. The van der Waals surface area contributed by atoms with E-state index in [9.17, 15) is 10.1 Å². The minimum Gasteiger partial charge on any atom is -0.383 e. The SMILES string of the molecule is N#Cc1c(N)nc2c(c1-c1cccc3nonc13)CN(C(=O)C1CC1)CC2. The maximum Gasteiger partial charge on any atom is 0.225 e. The number of fused-ring (bicyclic) bond motifs is 2. The second-order valence-corrected chi connectivity index (χ2v) is 7.01. The topological polar surface area (TPSA) is 122 Å². The number of carbonyl (C=O) groups excluding carboxylic acids is 1. The van der Waals surface area contributed by atoms with Gasteiger partial charge in [0.25, 0.3) is 0 Å². The van der Waals surface area contributed by atoms with E-state index in [1.54, 1.807) is 6.07 Å². The summed E-state index contributed by atoms with van der Waals surface area (Å²) in [6.07, 6.45) is 2.54. The molecule has 1 saturated carbocycles. The van der Waals surface area contributed by atoms with Gasteiger partial charge in [0, 0.05) is 42.1 Å². The summed E-state index contributed by atoms with van der Waals surface area (Å²) in [6.45, 7) is 1.04. The Morgan fingerprint density at radius 3 is 2.96 bits per heavy atom. The molecule has 8 nitrogen and oxygen atoms in total. The van der Waals surface area contributed by atoms with E-state index in [1.165, 1.54) is 0 Å². The van der Waals surface area contributed by atoms with E-state index in [2.05, 4.69) is 21.4 Å². The van der Waals surface area contributed by atoms with Gasteiger partial charge in [0.05, 0.1) is 5.69 Å². The minimum atomic E-state index is 0.148. The largest absolute Gasteiger partial charge is 0.383 e. The van der Waals surface area contributed by atoms with Crippen LogP contribution < -0.4 is 5.73 Å². The fourth-order valence-corrected chi connectivity index (χ4v) is 3.77. The zero-order valence-corrected chi connectivity index (χ0v) is 14.5. The number of rotatable bonds is 2. The van der Waals surface area contributed by atoms with Gasteiger partial charge in [0.2, 0.25) is 5.91 Å². The van der Waals surface area contributed by atoms with E-state index in [0.29, 0.717) is 41.7 Å². The zero-order chi connectivity index (χ0) is 18.5. The number of aromatic nitrogens is 3. The predicted molar refractivity (Wildman–Crippen MR) is 96.0 cm³/mol. The molecule has 2 aliphatic rings. The van der Waals surface area contributed by atoms with Gasteiger partial charge in [-0.3, -0.25) is 4.79 Å². The van der Waals surface area contributed by atoms with Gasteiger partial charge in [0.15, 0.2) is 0 Å². The van der Waals surface area contributed by atoms with E-state index in [0.717, 1.165) is 29.7 Å². The molecule has 1 aliphatic heterocycles. The lowest BCUT2D eigenvalue weighted by Crippen LogP contribution is -2.37. The molecule has 5 rings (SSSR count). The van der Waals surface area contributed by atoms with Gasteiger partial charge in [0.1, 0.15) is 28.5 Å². The molecule has 3 heterocycles. The number of hydrogen-bond donors (Lipinski definition) is 1. The Labute approximate surface area is 154 Å². The van der Waals surface area contributed by atoms with Crippen molar-refractivity contribution in [2.24, 2.45) is 5.92 Å². The summed E-state index contributed by atoms with van der Waals surface area (Å²) in [6, 6.07) is 7.67. The molecule has 0 bridgehead atoms. The summed E-state index contributed by atoms with van der Waals surface area (Å²) in [7, 11) is 0. The van der Waals surface area contributed by atoms with Crippen LogP contribution in [0.1, 0.15) is 29.7 Å². The molecular weight excluding hydrogens is 344 g/mol. The molecule has 0 radical (unpaired) electrons. The first-order valence-electron chi connectivity index (χ1n) is 8.89. The van der Waals surface area contributed by atoms with Crippen molar-refractivity contribution in [1.29, 1.82) is 5.26 Å². The molecule has 0 spiro atoms. The van der Waals surface area contributed by atoms with Crippen LogP contribution in [0, 0.1) is 17.2 Å². The number of pyridine rings is 1. The van der Waals surface area contributed by atoms with Crippen molar-refractivity contribution in [1.82, 2.24) is 20.2 Å². The fourth-order valence-electron chi connectivity index (χ4n) is 3.77. The van der Waals surface area contributed by atoms with Gasteiger partial charge in [-0.25, -0.2) is 9.61 Å². The Balaban J connectivity index is 1.73. The van der Waals surface area contributed by atoms with Gasteiger partial charge >= 0.3 is 0 Å². The molecule has 1 aromatic carbocycles. The van der Waals surface area contributed by atoms with E-state index >= 15 is 0 Å². The second kappa shape index (κ2) is 5.77.